The van der Waals surface area contributed by atoms with Crippen molar-refractivity contribution >= 4 is 37.5 Å². The second-order valence-corrected chi connectivity index (χ2v) is 10.7. The van der Waals surface area contributed by atoms with Crippen LogP contribution in [0.5, 0.6) is 23.0 Å². The molecule has 0 aliphatic carbocycles. The standard InChI is InChI=1S/C38H25BrO2/c39-28-23-24-33-34(25-28)38(41-36-22-12-10-18-30(36)27-15-5-2-6-16-27)32-20-8-7-19-31(32)37(33)40-35-21-11-9-17-29(35)26-13-3-1-4-14-26/h1-25H. The third-order valence-corrected chi connectivity index (χ3v) is 7.75. The number of fused-ring (bicyclic) bond motifs is 2. The van der Waals surface area contributed by atoms with E-state index in [1.54, 1.807) is 0 Å². The molecule has 0 heterocycles. The molecule has 41 heavy (non-hydrogen) atoms. The molecule has 3 heteroatoms. The first-order valence-electron chi connectivity index (χ1n) is 13.5. The summed E-state index contributed by atoms with van der Waals surface area (Å²) < 4.78 is 14.7. The lowest BCUT2D eigenvalue weighted by Crippen LogP contribution is -1.95. The molecule has 7 aromatic rings. The zero-order valence-corrected chi connectivity index (χ0v) is 23.7. The average Bonchev–Trinajstić information content (AvgIpc) is 3.04. The highest BCUT2D eigenvalue weighted by atomic mass is 79.9. The molecular weight excluding hydrogens is 568 g/mol. The second-order valence-electron chi connectivity index (χ2n) is 9.82. The predicted octanol–water partition coefficient (Wildman–Crippen LogP) is 11.7. The number of rotatable bonds is 6. The summed E-state index contributed by atoms with van der Waals surface area (Å²) in [5, 5.41) is 3.90. The van der Waals surface area contributed by atoms with Crippen LogP contribution < -0.4 is 9.47 Å². The number of ether oxygens (including phenoxy) is 2. The quantitative estimate of drug-likeness (QED) is 0.179. The van der Waals surface area contributed by atoms with Gasteiger partial charge in [0.25, 0.3) is 0 Å². The summed E-state index contributed by atoms with van der Waals surface area (Å²) in [6.07, 6.45) is 0. The van der Waals surface area contributed by atoms with Crippen LogP contribution in [0.15, 0.2) is 156 Å². The van der Waals surface area contributed by atoms with Gasteiger partial charge in [0.15, 0.2) is 0 Å². The van der Waals surface area contributed by atoms with Crippen molar-refractivity contribution in [3.8, 4) is 45.3 Å². The van der Waals surface area contributed by atoms with Crippen LogP contribution in [0.2, 0.25) is 0 Å². The largest absolute Gasteiger partial charge is 0.455 e. The maximum absolute atomic E-state index is 6.87. The van der Waals surface area contributed by atoms with Gasteiger partial charge in [-0.25, -0.2) is 0 Å². The molecule has 0 bridgehead atoms. The summed E-state index contributed by atoms with van der Waals surface area (Å²) in [5.41, 5.74) is 4.30. The summed E-state index contributed by atoms with van der Waals surface area (Å²) in [7, 11) is 0. The molecule has 0 saturated carbocycles. The van der Waals surface area contributed by atoms with Gasteiger partial charge < -0.3 is 9.47 Å². The van der Waals surface area contributed by atoms with Crippen LogP contribution in [0.25, 0.3) is 43.8 Å². The number of benzene rings is 7. The fourth-order valence-electron chi connectivity index (χ4n) is 5.34. The van der Waals surface area contributed by atoms with Gasteiger partial charge in [-0.1, -0.05) is 137 Å². The van der Waals surface area contributed by atoms with Crippen molar-refractivity contribution in [2.45, 2.75) is 0 Å². The zero-order valence-electron chi connectivity index (χ0n) is 22.1. The van der Waals surface area contributed by atoms with Crippen LogP contribution in [-0.4, -0.2) is 0 Å². The van der Waals surface area contributed by atoms with E-state index in [1.165, 1.54) is 0 Å². The molecule has 196 valence electrons. The van der Waals surface area contributed by atoms with E-state index in [2.05, 4.69) is 82.7 Å². The number of hydrogen-bond acceptors (Lipinski definition) is 2. The Morgan fingerprint density at radius 3 is 1.32 bits per heavy atom. The lowest BCUT2D eigenvalue weighted by Gasteiger charge is -2.20. The molecule has 2 nitrogen and oxygen atoms in total. The first-order valence-corrected chi connectivity index (χ1v) is 14.3. The minimum atomic E-state index is 0.795. The Hall–Kier alpha value is -4.86. The SMILES string of the molecule is Brc1ccc2c(Oc3ccccc3-c3ccccc3)c3ccccc3c(Oc3ccccc3-c3ccccc3)c2c1. The summed E-state index contributed by atoms with van der Waals surface area (Å²) in [5.74, 6) is 3.20. The molecule has 0 aliphatic rings. The van der Waals surface area contributed by atoms with E-state index in [0.717, 1.165) is 71.3 Å². The van der Waals surface area contributed by atoms with Crippen LogP contribution in [0.3, 0.4) is 0 Å². The summed E-state index contributed by atoms with van der Waals surface area (Å²) in [6, 6.07) is 51.6. The van der Waals surface area contributed by atoms with Gasteiger partial charge in [-0.2, -0.15) is 0 Å². The Morgan fingerprint density at radius 1 is 0.366 bits per heavy atom. The molecule has 0 radical (unpaired) electrons. The molecule has 7 aromatic carbocycles. The normalized spacial score (nSPS) is 11.0. The second kappa shape index (κ2) is 11.0. The smallest absolute Gasteiger partial charge is 0.143 e. The third kappa shape index (κ3) is 4.86. The zero-order chi connectivity index (χ0) is 27.6. The van der Waals surface area contributed by atoms with Crippen molar-refractivity contribution < 1.29 is 9.47 Å². The van der Waals surface area contributed by atoms with Crippen molar-refractivity contribution in [2.75, 3.05) is 0 Å². The molecular formula is C38H25BrO2. The highest BCUT2D eigenvalue weighted by Crippen LogP contribution is 2.48. The van der Waals surface area contributed by atoms with Crippen LogP contribution in [0, 0.1) is 0 Å². The first-order chi connectivity index (χ1) is 20.3. The Morgan fingerprint density at radius 2 is 0.780 bits per heavy atom. The summed E-state index contributed by atoms with van der Waals surface area (Å²) >= 11 is 3.70. The Labute approximate surface area is 247 Å². The molecule has 0 atom stereocenters. The van der Waals surface area contributed by atoms with E-state index >= 15 is 0 Å². The number of para-hydroxylation sites is 2. The number of hydrogen-bond donors (Lipinski definition) is 0. The van der Waals surface area contributed by atoms with Crippen LogP contribution in [-0.2, 0) is 0 Å². The monoisotopic (exact) mass is 592 g/mol. The summed E-state index contributed by atoms with van der Waals surface area (Å²) in [4.78, 5) is 0. The van der Waals surface area contributed by atoms with E-state index in [-0.39, 0.29) is 0 Å². The van der Waals surface area contributed by atoms with E-state index in [1.807, 2.05) is 84.9 Å². The topological polar surface area (TPSA) is 18.5 Å². The van der Waals surface area contributed by atoms with Gasteiger partial charge >= 0.3 is 0 Å². The van der Waals surface area contributed by atoms with Gasteiger partial charge in [-0.15, -0.1) is 0 Å². The van der Waals surface area contributed by atoms with Crippen LogP contribution in [0.4, 0.5) is 0 Å². The molecule has 0 unspecified atom stereocenters. The fraction of sp³-hybridized carbons (Fsp3) is 0. The van der Waals surface area contributed by atoms with Gasteiger partial charge in [-0.3, -0.25) is 0 Å². The van der Waals surface area contributed by atoms with Crippen molar-refractivity contribution in [1.29, 1.82) is 0 Å². The van der Waals surface area contributed by atoms with E-state index in [4.69, 9.17) is 9.47 Å². The minimum absolute atomic E-state index is 0.795. The minimum Gasteiger partial charge on any atom is -0.455 e. The van der Waals surface area contributed by atoms with E-state index in [9.17, 15) is 0 Å². The van der Waals surface area contributed by atoms with Crippen molar-refractivity contribution in [1.82, 2.24) is 0 Å². The molecule has 0 spiro atoms. The van der Waals surface area contributed by atoms with Gasteiger partial charge in [0.1, 0.15) is 23.0 Å². The Balaban J connectivity index is 1.44. The average molecular weight is 594 g/mol. The lowest BCUT2D eigenvalue weighted by atomic mass is 9.99. The van der Waals surface area contributed by atoms with Gasteiger partial charge in [0.05, 0.1) is 0 Å². The van der Waals surface area contributed by atoms with Gasteiger partial charge in [0, 0.05) is 37.1 Å². The molecule has 7 rings (SSSR count). The highest BCUT2D eigenvalue weighted by Gasteiger charge is 2.20. The van der Waals surface area contributed by atoms with Crippen molar-refractivity contribution in [3.05, 3.63) is 156 Å². The molecule has 0 fully saturated rings. The highest BCUT2D eigenvalue weighted by molar-refractivity contribution is 9.10. The molecule has 0 aliphatic heterocycles. The first kappa shape index (κ1) is 25.1. The Kier molecular flexibility index (Phi) is 6.72. The third-order valence-electron chi connectivity index (χ3n) is 7.25. The molecule has 0 N–H and O–H groups in total. The van der Waals surface area contributed by atoms with Gasteiger partial charge in [0.2, 0.25) is 0 Å². The number of halogens is 1. The van der Waals surface area contributed by atoms with E-state index in [0.29, 0.717) is 0 Å². The maximum atomic E-state index is 6.87. The molecule has 0 amide bonds. The van der Waals surface area contributed by atoms with Crippen LogP contribution in [0.1, 0.15) is 0 Å². The fourth-order valence-corrected chi connectivity index (χ4v) is 5.70. The molecule has 0 saturated heterocycles. The van der Waals surface area contributed by atoms with Crippen LogP contribution >= 0.6 is 15.9 Å². The summed E-state index contributed by atoms with van der Waals surface area (Å²) in [6.45, 7) is 0. The van der Waals surface area contributed by atoms with E-state index < -0.39 is 0 Å². The lowest BCUT2D eigenvalue weighted by molar-refractivity contribution is 0.487. The van der Waals surface area contributed by atoms with Crippen molar-refractivity contribution in [2.24, 2.45) is 0 Å². The molecule has 0 aromatic heterocycles. The van der Waals surface area contributed by atoms with Gasteiger partial charge in [-0.05, 0) is 41.5 Å². The Bertz CT molecular complexity index is 2000. The maximum Gasteiger partial charge on any atom is 0.143 e. The predicted molar refractivity (Wildman–Crippen MR) is 173 cm³/mol. The van der Waals surface area contributed by atoms with Crippen molar-refractivity contribution in [3.63, 3.8) is 0 Å².